The molecule has 2 N–H and O–H groups in total. The topological polar surface area (TPSA) is 73.8 Å². The quantitative estimate of drug-likeness (QED) is 0.608. The van der Waals surface area contributed by atoms with Gasteiger partial charge in [-0.15, -0.1) is 0 Å². The predicted octanol–water partition coefficient (Wildman–Crippen LogP) is 2.71. The summed E-state index contributed by atoms with van der Waals surface area (Å²) in [6.45, 7) is 10.7. The standard InChI is InChI=1S/C19H32N4O2S/c1-5-20-18(22-19(2,3)4)21-15-16-10-9-11-17(14-16)26(24,25)23-12-7-6-8-13-23/h9-11,14H,5-8,12-13,15H2,1-4H3,(H2,20,21,22). The molecule has 1 fully saturated rings. The summed E-state index contributed by atoms with van der Waals surface area (Å²) in [5.74, 6) is 0.726. The first kappa shape index (κ1) is 20.7. The molecule has 0 aromatic heterocycles. The fraction of sp³-hybridized carbons (Fsp3) is 0.632. The average Bonchev–Trinajstić information content (AvgIpc) is 2.60. The molecule has 1 heterocycles. The largest absolute Gasteiger partial charge is 0.357 e. The van der Waals surface area contributed by atoms with Crippen molar-refractivity contribution in [3.8, 4) is 0 Å². The van der Waals surface area contributed by atoms with Crippen LogP contribution < -0.4 is 10.6 Å². The Morgan fingerprint density at radius 1 is 1.19 bits per heavy atom. The molecule has 0 saturated carbocycles. The van der Waals surface area contributed by atoms with Crippen LogP contribution in [0.25, 0.3) is 0 Å². The van der Waals surface area contributed by atoms with Gasteiger partial charge in [0.2, 0.25) is 10.0 Å². The number of piperidine rings is 1. The molecule has 0 aliphatic carbocycles. The SMILES string of the molecule is CCNC(=NCc1cccc(S(=O)(=O)N2CCCCC2)c1)NC(C)(C)C. The Morgan fingerprint density at radius 3 is 2.50 bits per heavy atom. The first-order valence-corrected chi connectivity index (χ1v) is 10.8. The molecule has 26 heavy (non-hydrogen) atoms. The van der Waals surface area contributed by atoms with Crippen molar-refractivity contribution in [3.63, 3.8) is 0 Å². The van der Waals surface area contributed by atoms with Crippen LogP contribution in [0.3, 0.4) is 0 Å². The van der Waals surface area contributed by atoms with Gasteiger partial charge in [0.25, 0.3) is 0 Å². The van der Waals surface area contributed by atoms with Crippen LogP contribution in [-0.4, -0.2) is 43.9 Å². The first-order valence-electron chi connectivity index (χ1n) is 9.38. The van der Waals surface area contributed by atoms with Crippen LogP contribution in [0.2, 0.25) is 0 Å². The van der Waals surface area contributed by atoms with Gasteiger partial charge in [0.1, 0.15) is 0 Å². The van der Waals surface area contributed by atoms with Gasteiger partial charge in [-0.1, -0.05) is 18.6 Å². The van der Waals surface area contributed by atoms with E-state index in [1.807, 2.05) is 13.0 Å². The lowest BCUT2D eigenvalue weighted by atomic mass is 10.1. The lowest BCUT2D eigenvalue weighted by molar-refractivity contribution is 0.346. The molecule has 7 heteroatoms. The molecule has 0 amide bonds. The highest BCUT2D eigenvalue weighted by Crippen LogP contribution is 2.21. The van der Waals surface area contributed by atoms with E-state index < -0.39 is 10.0 Å². The summed E-state index contributed by atoms with van der Waals surface area (Å²) < 4.78 is 27.3. The van der Waals surface area contributed by atoms with Crippen LogP contribution >= 0.6 is 0 Å². The highest BCUT2D eigenvalue weighted by Gasteiger charge is 2.25. The number of guanidine groups is 1. The number of benzene rings is 1. The minimum absolute atomic E-state index is 0.0968. The normalized spacial score (nSPS) is 17.2. The van der Waals surface area contributed by atoms with Crippen molar-refractivity contribution in [2.24, 2.45) is 4.99 Å². The predicted molar refractivity (Wildman–Crippen MR) is 107 cm³/mol. The number of hydrogen-bond acceptors (Lipinski definition) is 3. The van der Waals surface area contributed by atoms with Crippen LogP contribution in [0.1, 0.15) is 52.5 Å². The second kappa shape index (κ2) is 8.86. The lowest BCUT2D eigenvalue weighted by Gasteiger charge is -2.26. The van der Waals surface area contributed by atoms with Crippen LogP contribution in [0.15, 0.2) is 34.2 Å². The monoisotopic (exact) mass is 380 g/mol. The van der Waals surface area contributed by atoms with Crippen molar-refractivity contribution in [1.82, 2.24) is 14.9 Å². The van der Waals surface area contributed by atoms with E-state index >= 15 is 0 Å². The highest BCUT2D eigenvalue weighted by atomic mass is 32.2. The Balaban J connectivity index is 2.16. The lowest BCUT2D eigenvalue weighted by Crippen LogP contribution is -2.47. The van der Waals surface area contributed by atoms with E-state index in [1.54, 1.807) is 22.5 Å². The zero-order chi connectivity index (χ0) is 19.2. The maximum absolute atomic E-state index is 12.8. The van der Waals surface area contributed by atoms with Crippen molar-refractivity contribution in [2.45, 2.75) is 63.9 Å². The second-order valence-electron chi connectivity index (χ2n) is 7.68. The molecule has 146 valence electrons. The second-order valence-corrected chi connectivity index (χ2v) is 9.62. The Morgan fingerprint density at radius 2 is 1.88 bits per heavy atom. The van der Waals surface area contributed by atoms with Crippen molar-refractivity contribution < 1.29 is 8.42 Å². The van der Waals surface area contributed by atoms with Gasteiger partial charge in [0.05, 0.1) is 11.4 Å². The molecule has 0 atom stereocenters. The molecular formula is C19H32N4O2S. The van der Waals surface area contributed by atoms with Gasteiger partial charge in [-0.2, -0.15) is 4.31 Å². The number of nitrogens with zero attached hydrogens (tertiary/aromatic N) is 2. The van der Waals surface area contributed by atoms with Gasteiger partial charge in [-0.05, 0) is 58.2 Å². The molecule has 0 spiro atoms. The maximum atomic E-state index is 12.8. The third-order valence-electron chi connectivity index (χ3n) is 4.11. The number of aliphatic imine (C=N–C) groups is 1. The summed E-state index contributed by atoms with van der Waals surface area (Å²) in [4.78, 5) is 4.95. The minimum atomic E-state index is -3.41. The maximum Gasteiger partial charge on any atom is 0.243 e. The van der Waals surface area contributed by atoms with Gasteiger partial charge >= 0.3 is 0 Å². The molecule has 1 aliphatic heterocycles. The van der Waals surface area contributed by atoms with Gasteiger partial charge in [0.15, 0.2) is 5.96 Å². The number of sulfonamides is 1. The summed E-state index contributed by atoms with van der Waals surface area (Å²) in [6.07, 6.45) is 2.98. The van der Waals surface area contributed by atoms with E-state index in [1.165, 1.54) is 0 Å². The summed E-state index contributed by atoms with van der Waals surface area (Å²) in [5.41, 5.74) is 0.787. The van der Waals surface area contributed by atoms with E-state index in [4.69, 9.17) is 0 Å². The molecule has 0 unspecified atom stereocenters. The zero-order valence-corrected chi connectivity index (χ0v) is 17.2. The van der Waals surface area contributed by atoms with Gasteiger partial charge in [0, 0.05) is 25.2 Å². The van der Waals surface area contributed by atoms with Crippen molar-refractivity contribution in [1.29, 1.82) is 0 Å². The summed E-state index contributed by atoms with van der Waals surface area (Å²) in [5, 5.41) is 6.55. The number of hydrogen-bond donors (Lipinski definition) is 2. The molecule has 0 radical (unpaired) electrons. The molecule has 2 rings (SSSR count). The van der Waals surface area contributed by atoms with E-state index in [0.717, 1.165) is 37.3 Å². The number of rotatable bonds is 5. The van der Waals surface area contributed by atoms with Crippen molar-refractivity contribution in [3.05, 3.63) is 29.8 Å². The van der Waals surface area contributed by atoms with Crippen LogP contribution in [0.4, 0.5) is 0 Å². The Hall–Kier alpha value is -1.60. The average molecular weight is 381 g/mol. The Labute approximate surface area is 158 Å². The van der Waals surface area contributed by atoms with Crippen LogP contribution in [0, 0.1) is 0 Å². The summed E-state index contributed by atoms with van der Waals surface area (Å²) in [6, 6.07) is 7.13. The van der Waals surface area contributed by atoms with Gasteiger partial charge in [-0.3, -0.25) is 0 Å². The van der Waals surface area contributed by atoms with E-state index in [9.17, 15) is 8.42 Å². The first-order chi connectivity index (χ1) is 12.2. The summed E-state index contributed by atoms with van der Waals surface area (Å²) in [7, 11) is -3.41. The number of nitrogens with one attached hydrogen (secondary N) is 2. The Bertz CT molecular complexity index is 717. The highest BCUT2D eigenvalue weighted by molar-refractivity contribution is 7.89. The van der Waals surface area contributed by atoms with E-state index in [-0.39, 0.29) is 5.54 Å². The van der Waals surface area contributed by atoms with Crippen LogP contribution in [0.5, 0.6) is 0 Å². The van der Waals surface area contributed by atoms with Gasteiger partial charge < -0.3 is 10.6 Å². The molecule has 1 aromatic rings. The Kier molecular flexibility index (Phi) is 7.06. The summed E-state index contributed by atoms with van der Waals surface area (Å²) >= 11 is 0. The van der Waals surface area contributed by atoms with E-state index in [0.29, 0.717) is 24.5 Å². The fourth-order valence-corrected chi connectivity index (χ4v) is 4.48. The van der Waals surface area contributed by atoms with Crippen molar-refractivity contribution in [2.75, 3.05) is 19.6 Å². The fourth-order valence-electron chi connectivity index (χ4n) is 2.89. The molecule has 1 aliphatic rings. The molecule has 6 nitrogen and oxygen atoms in total. The van der Waals surface area contributed by atoms with Crippen LogP contribution in [-0.2, 0) is 16.6 Å². The smallest absolute Gasteiger partial charge is 0.243 e. The van der Waals surface area contributed by atoms with Crippen molar-refractivity contribution >= 4 is 16.0 Å². The molecule has 1 saturated heterocycles. The third kappa shape index (κ3) is 5.99. The molecular weight excluding hydrogens is 348 g/mol. The molecule has 0 bridgehead atoms. The third-order valence-corrected chi connectivity index (χ3v) is 6.00. The van der Waals surface area contributed by atoms with Gasteiger partial charge in [-0.25, -0.2) is 13.4 Å². The van der Waals surface area contributed by atoms with E-state index in [2.05, 4.69) is 36.4 Å². The minimum Gasteiger partial charge on any atom is -0.357 e. The zero-order valence-electron chi connectivity index (χ0n) is 16.4. The molecule has 1 aromatic carbocycles.